The van der Waals surface area contributed by atoms with Gasteiger partial charge in [0.2, 0.25) is 0 Å². The second kappa shape index (κ2) is 7.64. The van der Waals surface area contributed by atoms with Crippen LogP contribution in [0.5, 0.6) is 0 Å². The third-order valence-corrected chi connectivity index (χ3v) is 7.46. The van der Waals surface area contributed by atoms with Gasteiger partial charge in [-0.05, 0) is 66.7 Å². The van der Waals surface area contributed by atoms with Crippen LogP contribution in [0, 0.1) is 0 Å². The van der Waals surface area contributed by atoms with Gasteiger partial charge in [0.1, 0.15) is 0 Å². The lowest BCUT2D eigenvalue weighted by Crippen LogP contribution is -2.29. The minimum atomic E-state index is -0.923. The molecule has 2 aliphatic rings. The Balaban J connectivity index is 1.63. The normalized spacial score (nSPS) is 22.1. The van der Waals surface area contributed by atoms with Gasteiger partial charge >= 0.3 is 6.09 Å². The molecule has 1 amide bonds. The van der Waals surface area contributed by atoms with Crippen LogP contribution in [0.4, 0.5) is 4.79 Å². The van der Waals surface area contributed by atoms with E-state index in [1.54, 1.807) is 0 Å². The summed E-state index contributed by atoms with van der Waals surface area (Å²) in [5.41, 5.74) is 3.92. The van der Waals surface area contributed by atoms with E-state index < -0.39 is 6.09 Å². The summed E-state index contributed by atoms with van der Waals surface area (Å²) < 4.78 is 0.756. The molecule has 1 aliphatic carbocycles. The van der Waals surface area contributed by atoms with Crippen LogP contribution in [-0.2, 0) is 12.8 Å². The van der Waals surface area contributed by atoms with Crippen LogP contribution in [0.2, 0.25) is 0 Å². The quantitative estimate of drug-likeness (QED) is 0.851. The van der Waals surface area contributed by atoms with E-state index in [1.807, 2.05) is 0 Å². The second-order valence-corrected chi connectivity index (χ2v) is 8.91. The zero-order chi connectivity index (χ0) is 15.4. The number of hydrogen-bond donors (Lipinski definition) is 2. The maximum absolute atomic E-state index is 10.9. The summed E-state index contributed by atoms with van der Waals surface area (Å²) in [6.07, 6.45) is 5.86. The van der Waals surface area contributed by atoms with Crippen LogP contribution in [-0.4, -0.2) is 27.3 Å². The molecule has 120 valence electrons. The first-order valence-electron chi connectivity index (χ1n) is 8.07. The van der Waals surface area contributed by atoms with Crippen molar-refractivity contribution in [2.24, 2.45) is 0 Å². The van der Waals surface area contributed by atoms with Crippen LogP contribution in [0.15, 0.2) is 18.2 Å². The third kappa shape index (κ3) is 4.13. The Morgan fingerprint density at radius 1 is 1.27 bits per heavy atom. The Morgan fingerprint density at radius 2 is 2.09 bits per heavy atom. The molecule has 1 aromatic carbocycles. The summed E-state index contributed by atoms with van der Waals surface area (Å²) >= 11 is 4.21. The molecule has 1 atom stereocenters. The lowest BCUT2D eigenvalue weighted by molar-refractivity contribution is 0.188. The highest BCUT2D eigenvalue weighted by Gasteiger charge is 2.22. The van der Waals surface area contributed by atoms with Crippen molar-refractivity contribution in [1.82, 2.24) is 5.32 Å². The van der Waals surface area contributed by atoms with E-state index in [2.05, 4.69) is 47.0 Å². The number of amides is 1. The number of benzene rings is 1. The van der Waals surface area contributed by atoms with Gasteiger partial charge in [-0.3, -0.25) is 0 Å². The lowest BCUT2D eigenvalue weighted by Gasteiger charge is -2.26. The average Bonchev–Trinajstić information content (AvgIpc) is 2.53. The molecule has 1 aliphatic heterocycles. The van der Waals surface area contributed by atoms with Crippen molar-refractivity contribution in [3.05, 3.63) is 34.9 Å². The second-order valence-electron chi connectivity index (χ2n) is 5.99. The number of nitrogens with one attached hydrogen (secondary N) is 1. The molecule has 1 fully saturated rings. The molecule has 0 bridgehead atoms. The number of carbonyl (C=O) groups is 1. The van der Waals surface area contributed by atoms with Gasteiger partial charge in [0, 0.05) is 0 Å². The molecule has 0 spiro atoms. The fraction of sp³-hybridized carbons (Fsp3) is 0.588. The Morgan fingerprint density at radius 3 is 2.86 bits per heavy atom. The van der Waals surface area contributed by atoms with Gasteiger partial charge in [-0.2, -0.15) is 0 Å². The summed E-state index contributed by atoms with van der Waals surface area (Å²) in [5, 5.41) is 11.6. The lowest BCUT2D eigenvalue weighted by atomic mass is 9.86. The largest absolute Gasteiger partial charge is 0.465 e. The first-order valence-corrected chi connectivity index (χ1v) is 10.2. The standard InChI is InChI=1S/C17H23NO2S2/c19-17(20)18-15-4-1-3-13-11-12(5-7-14(13)15)6-8-16-21-9-2-10-22-16/h5,7,11,15-16,18H,1-4,6,8-10H2,(H,19,20)/t15-/m1/s1. The molecule has 5 heteroatoms. The van der Waals surface area contributed by atoms with Gasteiger partial charge < -0.3 is 10.4 Å². The zero-order valence-electron chi connectivity index (χ0n) is 12.7. The molecule has 3 rings (SSSR count). The molecular weight excluding hydrogens is 314 g/mol. The fourth-order valence-electron chi connectivity index (χ4n) is 3.31. The van der Waals surface area contributed by atoms with Gasteiger partial charge in [0.25, 0.3) is 0 Å². The van der Waals surface area contributed by atoms with Gasteiger partial charge in [-0.25, -0.2) is 4.79 Å². The summed E-state index contributed by atoms with van der Waals surface area (Å²) in [4.78, 5) is 10.9. The van der Waals surface area contributed by atoms with Gasteiger partial charge in [-0.15, -0.1) is 23.5 Å². The highest BCUT2D eigenvalue weighted by atomic mass is 32.2. The Hall–Kier alpha value is -0.810. The van der Waals surface area contributed by atoms with Crippen LogP contribution < -0.4 is 5.32 Å². The van der Waals surface area contributed by atoms with Crippen LogP contribution >= 0.6 is 23.5 Å². The van der Waals surface area contributed by atoms with E-state index in [-0.39, 0.29) is 6.04 Å². The maximum atomic E-state index is 10.9. The number of rotatable bonds is 4. The molecule has 1 saturated heterocycles. The number of carboxylic acid groups (broad SMARTS) is 1. The summed E-state index contributed by atoms with van der Waals surface area (Å²) in [6.45, 7) is 0. The molecule has 0 aromatic heterocycles. The molecule has 3 nitrogen and oxygen atoms in total. The summed E-state index contributed by atoms with van der Waals surface area (Å²) in [5.74, 6) is 2.62. The fourth-order valence-corrected chi connectivity index (χ4v) is 6.17. The van der Waals surface area contributed by atoms with E-state index in [1.165, 1.54) is 41.0 Å². The van der Waals surface area contributed by atoms with E-state index >= 15 is 0 Å². The van der Waals surface area contributed by atoms with Crippen LogP contribution in [0.3, 0.4) is 0 Å². The van der Waals surface area contributed by atoms with Crippen molar-refractivity contribution in [3.8, 4) is 0 Å². The van der Waals surface area contributed by atoms with Crippen molar-refractivity contribution in [1.29, 1.82) is 0 Å². The van der Waals surface area contributed by atoms with Gasteiger partial charge in [0.15, 0.2) is 0 Å². The molecular formula is C17H23NO2S2. The number of fused-ring (bicyclic) bond motifs is 1. The first-order chi connectivity index (χ1) is 10.7. The highest BCUT2D eigenvalue weighted by molar-refractivity contribution is 8.17. The molecule has 0 radical (unpaired) electrons. The Bertz CT molecular complexity index is 529. The minimum absolute atomic E-state index is 0.0280. The van der Waals surface area contributed by atoms with Crippen LogP contribution in [0.1, 0.15) is 48.4 Å². The molecule has 0 saturated carbocycles. The van der Waals surface area contributed by atoms with Crippen molar-refractivity contribution in [2.45, 2.75) is 49.1 Å². The van der Waals surface area contributed by atoms with Crippen molar-refractivity contribution >= 4 is 29.6 Å². The van der Waals surface area contributed by atoms with Gasteiger partial charge in [0.05, 0.1) is 10.6 Å². The van der Waals surface area contributed by atoms with E-state index in [0.29, 0.717) is 0 Å². The smallest absolute Gasteiger partial charge is 0.405 e. The molecule has 22 heavy (non-hydrogen) atoms. The topological polar surface area (TPSA) is 49.3 Å². The third-order valence-electron chi connectivity index (χ3n) is 4.38. The van der Waals surface area contributed by atoms with E-state index in [0.717, 1.165) is 30.3 Å². The highest BCUT2D eigenvalue weighted by Crippen LogP contribution is 2.35. The molecule has 2 N–H and O–H groups in total. The van der Waals surface area contributed by atoms with Crippen molar-refractivity contribution in [2.75, 3.05) is 11.5 Å². The molecule has 1 heterocycles. The van der Waals surface area contributed by atoms with E-state index in [4.69, 9.17) is 5.11 Å². The Kier molecular flexibility index (Phi) is 5.58. The molecule has 0 unspecified atom stereocenters. The maximum Gasteiger partial charge on any atom is 0.405 e. The minimum Gasteiger partial charge on any atom is -0.465 e. The van der Waals surface area contributed by atoms with Crippen LogP contribution in [0.25, 0.3) is 0 Å². The average molecular weight is 338 g/mol. The zero-order valence-corrected chi connectivity index (χ0v) is 14.3. The van der Waals surface area contributed by atoms with Crippen molar-refractivity contribution < 1.29 is 9.90 Å². The Labute approximate surface area is 140 Å². The predicted molar refractivity (Wildman–Crippen MR) is 94.9 cm³/mol. The van der Waals surface area contributed by atoms with E-state index in [9.17, 15) is 4.79 Å². The molecule has 1 aromatic rings. The van der Waals surface area contributed by atoms with Gasteiger partial charge in [-0.1, -0.05) is 18.2 Å². The SMILES string of the molecule is O=C(O)N[C@@H]1CCCc2cc(CCC3SCCCS3)ccc21. The number of hydrogen-bond acceptors (Lipinski definition) is 3. The van der Waals surface area contributed by atoms with Crippen molar-refractivity contribution in [3.63, 3.8) is 0 Å². The summed E-state index contributed by atoms with van der Waals surface area (Å²) in [7, 11) is 0. The predicted octanol–water partition coefficient (Wildman–Crippen LogP) is 4.46. The monoisotopic (exact) mass is 337 g/mol. The summed E-state index contributed by atoms with van der Waals surface area (Å²) in [6, 6.07) is 6.62. The number of thioether (sulfide) groups is 2. The first kappa shape index (κ1) is 16.1. The number of aryl methyl sites for hydroxylation is 2.